The maximum atomic E-state index is 11.9. The van der Waals surface area contributed by atoms with Gasteiger partial charge in [0.1, 0.15) is 0 Å². The van der Waals surface area contributed by atoms with Crippen molar-refractivity contribution in [3.63, 3.8) is 0 Å². The highest BCUT2D eigenvalue weighted by atomic mass is 16.7. The predicted octanol–water partition coefficient (Wildman–Crippen LogP) is -0.120. The molecule has 0 radical (unpaired) electrons. The zero-order valence-electron chi connectivity index (χ0n) is 15.7. The average Bonchev–Trinajstić information content (AvgIpc) is 3.14. The van der Waals surface area contributed by atoms with Gasteiger partial charge in [0.05, 0.1) is 18.4 Å². The maximum Gasteiger partial charge on any atom is 0.338 e. The van der Waals surface area contributed by atoms with Crippen molar-refractivity contribution < 1.29 is 43.2 Å². The SMILES string of the molecule is CC(CCOCC(C)C(=O)ON1C(=O)CCC1=O)C(=O)ON1C(=O)CCC1=O. The van der Waals surface area contributed by atoms with Crippen molar-refractivity contribution in [3.8, 4) is 0 Å². The van der Waals surface area contributed by atoms with E-state index in [1.165, 1.54) is 6.92 Å². The Morgan fingerprint density at radius 1 is 0.786 bits per heavy atom. The number of ether oxygens (including phenoxy) is 1. The predicted molar refractivity (Wildman–Crippen MR) is 88.1 cm³/mol. The van der Waals surface area contributed by atoms with Crippen LogP contribution in [0.5, 0.6) is 0 Å². The van der Waals surface area contributed by atoms with Gasteiger partial charge in [-0.3, -0.25) is 19.2 Å². The first kappa shape index (κ1) is 21.5. The van der Waals surface area contributed by atoms with Crippen LogP contribution in [0.3, 0.4) is 0 Å². The molecule has 0 N–H and O–H groups in total. The van der Waals surface area contributed by atoms with Gasteiger partial charge >= 0.3 is 11.9 Å². The standard InChI is InChI=1S/C17H22N2O9/c1-10(16(24)27-18-12(20)3-4-13(18)21)7-8-26-9-11(2)17(25)28-19-14(22)5-6-15(19)23/h10-11H,3-9H2,1-2H3. The lowest BCUT2D eigenvalue weighted by molar-refractivity contribution is -0.201. The molecule has 2 aliphatic rings. The molecular weight excluding hydrogens is 376 g/mol. The number of hydrogen-bond donors (Lipinski definition) is 0. The van der Waals surface area contributed by atoms with Crippen LogP contribution in [-0.4, -0.2) is 58.9 Å². The van der Waals surface area contributed by atoms with Crippen molar-refractivity contribution in [2.75, 3.05) is 13.2 Å². The molecule has 2 aliphatic heterocycles. The molecule has 0 spiro atoms. The van der Waals surface area contributed by atoms with E-state index in [9.17, 15) is 28.8 Å². The largest absolute Gasteiger partial charge is 0.381 e. The summed E-state index contributed by atoms with van der Waals surface area (Å²) in [4.78, 5) is 79.1. The molecule has 154 valence electrons. The first-order valence-corrected chi connectivity index (χ1v) is 8.93. The van der Waals surface area contributed by atoms with Crippen molar-refractivity contribution in [2.45, 2.75) is 46.0 Å². The van der Waals surface area contributed by atoms with Crippen molar-refractivity contribution >= 4 is 35.6 Å². The Hall–Kier alpha value is -2.82. The Labute approximate surface area is 160 Å². The van der Waals surface area contributed by atoms with Crippen LogP contribution in [0.25, 0.3) is 0 Å². The van der Waals surface area contributed by atoms with Crippen LogP contribution in [0, 0.1) is 11.8 Å². The minimum absolute atomic E-state index is 0.0135. The topological polar surface area (TPSA) is 137 Å². The van der Waals surface area contributed by atoms with Gasteiger partial charge in [-0.05, 0) is 13.3 Å². The van der Waals surface area contributed by atoms with Crippen molar-refractivity contribution in [1.82, 2.24) is 10.1 Å². The first-order chi connectivity index (χ1) is 13.2. The summed E-state index contributed by atoms with van der Waals surface area (Å²) < 4.78 is 5.32. The number of nitrogens with zero attached hydrogens (tertiary/aromatic N) is 2. The summed E-state index contributed by atoms with van der Waals surface area (Å²) >= 11 is 0. The van der Waals surface area contributed by atoms with Gasteiger partial charge in [-0.1, -0.05) is 6.92 Å². The molecule has 0 aromatic carbocycles. The van der Waals surface area contributed by atoms with Gasteiger partial charge in [0.25, 0.3) is 23.6 Å². The summed E-state index contributed by atoms with van der Waals surface area (Å²) in [5, 5.41) is 0.955. The molecule has 2 rings (SSSR count). The fraction of sp³-hybridized carbons (Fsp3) is 0.647. The molecule has 0 saturated carbocycles. The molecule has 28 heavy (non-hydrogen) atoms. The molecule has 0 aliphatic carbocycles. The van der Waals surface area contributed by atoms with E-state index in [1.54, 1.807) is 6.92 Å². The lowest BCUT2D eigenvalue weighted by Gasteiger charge is -2.17. The average molecular weight is 398 g/mol. The van der Waals surface area contributed by atoms with Crippen LogP contribution in [0.15, 0.2) is 0 Å². The highest BCUT2D eigenvalue weighted by molar-refractivity contribution is 6.02. The van der Waals surface area contributed by atoms with Gasteiger partial charge in [-0.25, -0.2) is 9.59 Å². The number of rotatable bonds is 9. The lowest BCUT2D eigenvalue weighted by Crippen LogP contribution is -2.35. The quantitative estimate of drug-likeness (QED) is 0.384. The fourth-order valence-corrected chi connectivity index (χ4v) is 2.38. The van der Waals surface area contributed by atoms with E-state index < -0.39 is 47.4 Å². The van der Waals surface area contributed by atoms with Crippen LogP contribution in [0.4, 0.5) is 0 Å². The van der Waals surface area contributed by atoms with Crippen LogP contribution < -0.4 is 0 Å². The number of hydroxylamine groups is 4. The van der Waals surface area contributed by atoms with E-state index in [2.05, 4.69) is 0 Å². The second-order valence-corrected chi connectivity index (χ2v) is 6.65. The summed E-state index contributed by atoms with van der Waals surface area (Å²) in [7, 11) is 0. The van der Waals surface area contributed by atoms with Gasteiger partial charge in [-0.15, -0.1) is 10.1 Å². The molecule has 2 unspecified atom stereocenters. The molecule has 11 nitrogen and oxygen atoms in total. The normalized spacial score (nSPS) is 19.2. The van der Waals surface area contributed by atoms with Gasteiger partial charge in [-0.2, -0.15) is 0 Å². The van der Waals surface area contributed by atoms with Crippen LogP contribution in [-0.2, 0) is 43.2 Å². The van der Waals surface area contributed by atoms with E-state index in [0.29, 0.717) is 10.1 Å². The summed E-state index contributed by atoms with van der Waals surface area (Å²) in [5.74, 6) is -5.10. The van der Waals surface area contributed by atoms with E-state index in [-0.39, 0.29) is 45.3 Å². The zero-order chi connectivity index (χ0) is 20.8. The summed E-state index contributed by atoms with van der Waals surface area (Å²) in [6, 6.07) is 0. The third-order valence-electron chi connectivity index (χ3n) is 4.24. The van der Waals surface area contributed by atoms with E-state index in [4.69, 9.17) is 14.4 Å². The zero-order valence-corrected chi connectivity index (χ0v) is 15.7. The number of hydrogen-bond acceptors (Lipinski definition) is 9. The Morgan fingerprint density at radius 2 is 1.18 bits per heavy atom. The van der Waals surface area contributed by atoms with E-state index >= 15 is 0 Å². The highest BCUT2D eigenvalue weighted by Crippen LogP contribution is 2.16. The Balaban J connectivity index is 1.65. The lowest BCUT2D eigenvalue weighted by atomic mass is 10.1. The fourth-order valence-electron chi connectivity index (χ4n) is 2.38. The monoisotopic (exact) mass is 398 g/mol. The molecule has 0 aromatic heterocycles. The second kappa shape index (κ2) is 9.40. The number of carbonyl (C=O) groups excluding carboxylic acids is 6. The van der Waals surface area contributed by atoms with Gasteiger partial charge in [0, 0.05) is 32.3 Å². The van der Waals surface area contributed by atoms with Crippen molar-refractivity contribution in [3.05, 3.63) is 0 Å². The molecule has 0 bridgehead atoms. The molecule has 0 aromatic rings. The van der Waals surface area contributed by atoms with Crippen molar-refractivity contribution in [2.24, 2.45) is 11.8 Å². The molecule has 2 atom stereocenters. The number of carbonyl (C=O) groups is 6. The van der Waals surface area contributed by atoms with Gasteiger partial charge < -0.3 is 14.4 Å². The third-order valence-corrected chi connectivity index (χ3v) is 4.24. The summed E-state index contributed by atoms with van der Waals surface area (Å²) in [6.45, 7) is 3.13. The second-order valence-electron chi connectivity index (χ2n) is 6.65. The highest BCUT2D eigenvalue weighted by Gasteiger charge is 2.35. The molecule has 2 fully saturated rings. The van der Waals surface area contributed by atoms with Crippen LogP contribution >= 0.6 is 0 Å². The summed E-state index contributed by atoms with van der Waals surface area (Å²) in [6.07, 6.45) is 0.303. The Morgan fingerprint density at radius 3 is 1.61 bits per heavy atom. The number of imide groups is 2. The molecule has 2 heterocycles. The Bertz CT molecular complexity index is 600. The smallest absolute Gasteiger partial charge is 0.338 e. The van der Waals surface area contributed by atoms with Crippen LogP contribution in [0.2, 0.25) is 0 Å². The molecular formula is C17H22N2O9. The molecule has 4 amide bonds. The molecule has 2 saturated heterocycles. The maximum absolute atomic E-state index is 11.9. The minimum atomic E-state index is -0.776. The van der Waals surface area contributed by atoms with E-state index in [0.717, 1.165) is 0 Å². The van der Waals surface area contributed by atoms with E-state index in [1.807, 2.05) is 0 Å². The first-order valence-electron chi connectivity index (χ1n) is 8.93. The third kappa shape index (κ3) is 5.35. The van der Waals surface area contributed by atoms with Crippen molar-refractivity contribution in [1.29, 1.82) is 0 Å². The van der Waals surface area contributed by atoms with Crippen LogP contribution in [0.1, 0.15) is 46.0 Å². The molecule has 11 heteroatoms. The minimum Gasteiger partial charge on any atom is -0.381 e. The summed E-state index contributed by atoms with van der Waals surface area (Å²) in [5.41, 5.74) is 0. The Kier molecular flexibility index (Phi) is 7.21. The van der Waals surface area contributed by atoms with Gasteiger partial charge in [0.2, 0.25) is 0 Å². The number of amides is 4. The van der Waals surface area contributed by atoms with Gasteiger partial charge in [0.15, 0.2) is 0 Å².